The van der Waals surface area contributed by atoms with E-state index in [9.17, 15) is 13.2 Å². The summed E-state index contributed by atoms with van der Waals surface area (Å²) in [5.41, 5.74) is -0.591. The van der Waals surface area contributed by atoms with Crippen LogP contribution in [0.2, 0.25) is 0 Å². The van der Waals surface area contributed by atoms with E-state index in [0.29, 0.717) is 6.42 Å². The molecule has 1 atom stereocenters. The lowest BCUT2D eigenvalue weighted by atomic mass is 10.2. The van der Waals surface area contributed by atoms with Crippen molar-refractivity contribution in [3.8, 4) is 0 Å². The number of ether oxygens (including phenoxy) is 1. The summed E-state index contributed by atoms with van der Waals surface area (Å²) in [6.07, 6.45) is 2.94. The quantitative estimate of drug-likeness (QED) is 0.719. The molecule has 0 aliphatic heterocycles. The molecule has 0 aliphatic carbocycles. The maximum absolute atomic E-state index is 11.6. The van der Waals surface area contributed by atoms with Crippen LogP contribution in [-0.4, -0.2) is 51.0 Å². The number of amides is 1. The van der Waals surface area contributed by atoms with Crippen LogP contribution in [0, 0.1) is 0 Å². The number of carbonyl (C=O) groups is 1. The fourth-order valence-corrected chi connectivity index (χ4v) is 2.07. The highest BCUT2D eigenvalue weighted by Gasteiger charge is 2.20. The first-order chi connectivity index (χ1) is 8.53. The van der Waals surface area contributed by atoms with Gasteiger partial charge in [-0.2, -0.15) is 20.2 Å². The van der Waals surface area contributed by atoms with Crippen LogP contribution >= 0.6 is 11.8 Å². The van der Waals surface area contributed by atoms with Crippen molar-refractivity contribution in [1.82, 2.24) is 5.32 Å². The molecular weight excluding hydrogens is 290 g/mol. The summed E-state index contributed by atoms with van der Waals surface area (Å²) >= 11 is 1.61. The van der Waals surface area contributed by atoms with E-state index < -0.39 is 27.9 Å². The first kappa shape index (κ1) is 18.5. The van der Waals surface area contributed by atoms with Crippen molar-refractivity contribution < 1.29 is 22.1 Å². The van der Waals surface area contributed by atoms with Crippen LogP contribution in [-0.2, 0) is 19.0 Å². The third-order valence-corrected chi connectivity index (χ3v) is 3.08. The Balaban J connectivity index is 4.37. The monoisotopic (exact) mass is 313 g/mol. The number of alkyl carbamates (subject to hydrolysis) is 1. The van der Waals surface area contributed by atoms with Gasteiger partial charge in [0.05, 0.1) is 18.9 Å². The number of nitrogens with one attached hydrogen (secondary N) is 1. The SMILES string of the molecule is CSCC[C@H](COS(C)(=O)=O)NC(=O)OC(C)(C)C. The summed E-state index contributed by atoms with van der Waals surface area (Å²) in [5, 5.41) is 2.62. The first-order valence-corrected chi connectivity index (χ1v) is 9.07. The topological polar surface area (TPSA) is 81.7 Å². The molecule has 0 aromatic carbocycles. The lowest BCUT2D eigenvalue weighted by molar-refractivity contribution is 0.0487. The summed E-state index contributed by atoms with van der Waals surface area (Å²) in [5.74, 6) is 0.785. The Hall–Kier alpha value is -0.470. The Morgan fingerprint density at radius 1 is 1.37 bits per heavy atom. The van der Waals surface area contributed by atoms with Gasteiger partial charge in [0.2, 0.25) is 0 Å². The van der Waals surface area contributed by atoms with Crippen molar-refractivity contribution in [2.75, 3.05) is 24.9 Å². The number of carbonyl (C=O) groups excluding carboxylic acids is 1. The molecule has 0 bridgehead atoms. The maximum atomic E-state index is 11.6. The second-order valence-corrected chi connectivity index (χ2v) is 7.74. The van der Waals surface area contributed by atoms with Gasteiger partial charge < -0.3 is 10.1 Å². The molecule has 0 fully saturated rings. The van der Waals surface area contributed by atoms with Gasteiger partial charge in [-0.1, -0.05) is 0 Å². The number of hydrogen-bond acceptors (Lipinski definition) is 6. The van der Waals surface area contributed by atoms with E-state index in [1.165, 1.54) is 0 Å². The third kappa shape index (κ3) is 12.3. The Kier molecular flexibility index (Phi) is 7.76. The van der Waals surface area contributed by atoms with Gasteiger partial charge in [0, 0.05) is 0 Å². The zero-order valence-corrected chi connectivity index (χ0v) is 13.7. The summed E-state index contributed by atoms with van der Waals surface area (Å²) < 4.78 is 31.7. The van der Waals surface area contributed by atoms with Crippen molar-refractivity contribution >= 4 is 28.0 Å². The molecule has 1 N–H and O–H groups in total. The van der Waals surface area contributed by atoms with Crippen molar-refractivity contribution in [2.24, 2.45) is 0 Å². The van der Waals surface area contributed by atoms with Gasteiger partial charge in [-0.25, -0.2) is 4.79 Å². The van der Waals surface area contributed by atoms with Crippen LogP contribution in [0.15, 0.2) is 0 Å². The van der Waals surface area contributed by atoms with E-state index >= 15 is 0 Å². The highest BCUT2D eigenvalue weighted by molar-refractivity contribution is 7.98. The average molecular weight is 313 g/mol. The number of rotatable bonds is 7. The van der Waals surface area contributed by atoms with Gasteiger partial charge >= 0.3 is 6.09 Å². The van der Waals surface area contributed by atoms with Gasteiger partial charge in [0.25, 0.3) is 10.1 Å². The summed E-state index contributed by atoms with van der Waals surface area (Å²) in [6.45, 7) is 5.20. The Morgan fingerprint density at radius 3 is 2.37 bits per heavy atom. The molecule has 114 valence electrons. The van der Waals surface area contributed by atoms with Crippen LogP contribution in [0.4, 0.5) is 4.79 Å². The molecule has 0 heterocycles. The second kappa shape index (κ2) is 7.96. The molecule has 8 heteroatoms. The smallest absolute Gasteiger partial charge is 0.407 e. The van der Waals surface area contributed by atoms with Crippen molar-refractivity contribution in [2.45, 2.75) is 38.8 Å². The van der Waals surface area contributed by atoms with Crippen LogP contribution in [0.5, 0.6) is 0 Å². The first-order valence-electron chi connectivity index (χ1n) is 5.86. The zero-order chi connectivity index (χ0) is 15.1. The molecule has 0 aromatic rings. The minimum Gasteiger partial charge on any atom is -0.444 e. The third-order valence-electron chi connectivity index (χ3n) is 1.87. The summed E-state index contributed by atoms with van der Waals surface area (Å²) in [7, 11) is -3.51. The normalized spacial score (nSPS) is 13.9. The van der Waals surface area contributed by atoms with Gasteiger partial charge in [-0.15, -0.1) is 0 Å². The number of thioether (sulfide) groups is 1. The van der Waals surface area contributed by atoms with Crippen LogP contribution < -0.4 is 5.32 Å². The van der Waals surface area contributed by atoms with E-state index in [1.807, 2.05) is 6.26 Å². The molecular formula is C11H23NO5S2. The molecule has 0 spiro atoms. The molecule has 6 nitrogen and oxygen atoms in total. The van der Waals surface area contributed by atoms with E-state index in [0.717, 1.165) is 12.0 Å². The Bertz CT molecular complexity index is 375. The molecule has 0 rings (SSSR count). The van der Waals surface area contributed by atoms with Crippen molar-refractivity contribution in [1.29, 1.82) is 0 Å². The number of hydrogen-bond donors (Lipinski definition) is 1. The predicted octanol–water partition coefficient (Wildman–Crippen LogP) is 1.61. The fourth-order valence-electron chi connectivity index (χ4n) is 1.14. The van der Waals surface area contributed by atoms with Crippen LogP contribution in [0.3, 0.4) is 0 Å². The van der Waals surface area contributed by atoms with E-state index in [-0.39, 0.29) is 6.61 Å². The van der Waals surface area contributed by atoms with Gasteiger partial charge in [-0.05, 0) is 39.2 Å². The highest BCUT2D eigenvalue weighted by Crippen LogP contribution is 2.08. The molecule has 0 unspecified atom stereocenters. The van der Waals surface area contributed by atoms with Crippen LogP contribution in [0.25, 0.3) is 0 Å². The Morgan fingerprint density at radius 2 is 1.95 bits per heavy atom. The molecule has 1 amide bonds. The second-order valence-electron chi connectivity index (χ2n) is 5.11. The van der Waals surface area contributed by atoms with Gasteiger partial charge in [-0.3, -0.25) is 4.18 Å². The maximum Gasteiger partial charge on any atom is 0.407 e. The van der Waals surface area contributed by atoms with Gasteiger partial charge in [0.1, 0.15) is 5.60 Å². The molecule has 0 aliphatic rings. The summed E-state index contributed by atoms with van der Waals surface area (Å²) in [4.78, 5) is 11.6. The Labute approximate surface area is 119 Å². The largest absolute Gasteiger partial charge is 0.444 e. The minimum atomic E-state index is -3.51. The highest BCUT2D eigenvalue weighted by atomic mass is 32.2. The fraction of sp³-hybridized carbons (Fsp3) is 0.909. The molecule has 0 radical (unpaired) electrons. The van der Waals surface area contributed by atoms with Crippen molar-refractivity contribution in [3.63, 3.8) is 0 Å². The van der Waals surface area contributed by atoms with E-state index in [1.54, 1.807) is 32.5 Å². The zero-order valence-electron chi connectivity index (χ0n) is 12.1. The standard InChI is InChI=1S/C11H23NO5S2/c1-11(2,3)17-10(13)12-9(6-7-18-4)8-16-19(5,14)15/h9H,6-8H2,1-5H3,(H,12,13)/t9-/m1/s1. The van der Waals surface area contributed by atoms with E-state index in [2.05, 4.69) is 5.32 Å². The minimum absolute atomic E-state index is 0.0847. The van der Waals surface area contributed by atoms with Gasteiger partial charge in [0.15, 0.2) is 0 Å². The average Bonchev–Trinajstić information content (AvgIpc) is 2.18. The summed E-state index contributed by atoms with van der Waals surface area (Å²) in [6, 6.07) is -0.392. The molecule has 0 saturated carbocycles. The van der Waals surface area contributed by atoms with Crippen molar-refractivity contribution in [3.05, 3.63) is 0 Å². The lowest BCUT2D eigenvalue weighted by Crippen LogP contribution is -2.42. The molecule has 19 heavy (non-hydrogen) atoms. The lowest BCUT2D eigenvalue weighted by Gasteiger charge is -2.23. The van der Waals surface area contributed by atoms with Crippen LogP contribution in [0.1, 0.15) is 27.2 Å². The predicted molar refractivity (Wildman–Crippen MR) is 77.0 cm³/mol. The molecule has 0 aromatic heterocycles. The molecule has 0 saturated heterocycles. The van der Waals surface area contributed by atoms with E-state index in [4.69, 9.17) is 8.92 Å².